The number of ether oxygens (including phenoxy) is 2. The van der Waals surface area contributed by atoms with Gasteiger partial charge in [-0.3, -0.25) is 4.98 Å². The summed E-state index contributed by atoms with van der Waals surface area (Å²) in [4.78, 5) is 14.8. The molecule has 1 saturated heterocycles. The summed E-state index contributed by atoms with van der Waals surface area (Å²) in [6.45, 7) is 1.23. The molecule has 1 aromatic carbocycles. The van der Waals surface area contributed by atoms with Crippen LogP contribution in [0.15, 0.2) is 48.7 Å². The SMILES string of the molecule is N=C(COCc1ccccc1)c1cc(C(=O)O)ccn1.OC1CCCCO1. The molecule has 0 spiro atoms. The van der Waals surface area contributed by atoms with Crippen molar-refractivity contribution >= 4 is 11.7 Å². The number of hydrogen-bond acceptors (Lipinski definition) is 6. The maximum Gasteiger partial charge on any atom is 0.335 e. The van der Waals surface area contributed by atoms with Crippen LogP contribution in [0.5, 0.6) is 0 Å². The Morgan fingerprint density at radius 3 is 2.63 bits per heavy atom. The molecule has 3 rings (SSSR count). The summed E-state index contributed by atoms with van der Waals surface area (Å²) >= 11 is 0. The number of aliphatic hydroxyl groups is 1. The number of nitrogens with zero attached hydrogens (tertiary/aromatic N) is 1. The maximum absolute atomic E-state index is 10.8. The Labute approximate surface area is 158 Å². The molecular formula is C20H24N2O5. The number of aromatic nitrogens is 1. The van der Waals surface area contributed by atoms with Crippen molar-refractivity contribution in [2.75, 3.05) is 13.2 Å². The van der Waals surface area contributed by atoms with Gasteiger partial charge in [-0.15, -0.1) is 0 Å². The lowest BCUT2D eigenvalue weighted by Crippen LogP contribution is -2.17. The first-order valence-electron chi connectivity index (χ1n) is 8.74. The van der Waals surface area contributed by atoms with E-state index in [0.717, 1.165) is 31.4 Å². The summed E-state index contributed by atoms with van der Waals surface area (Å²) < 4.78 is 10.3. The number of aromatic carboxylic acids is 1. The van der Waals surface area contributed by atoms with E-state index in [0.29, 0.717) is 12.3 Å². The number of carboxylic acid groups (broad SMARTS) is 1. The molecule has 0 radical (unpaired) electrons. The number of aliphatic hydroxyl groups excluding tert-OH is 1. The van der Waals surface area contributed by atoms with E-state index in [9.17, 15) is 4.79 Å². The predicted molar refractivity (Wildman–Crippen MR) is 99.9 cm³/mol. The highest BCUT2D eigenvalue weighted by Gasteiger charge is 2.09. The van der Waals surface area contributed by atoms with Crippen LogP contribution < -0.4 is 0 Å². The van der Waals surface area contributed by atoms with Crippen LogP contribution in [0.4, 0.5) is 0 Å². The van der Waals surface area contributed by atoms with Crippen molar-refractivity contribution < 1.29 is 24.5 Å². The van der Waals surface area contributed by atoms with E-state index in [2.05, 4.69) is 4.98 Å². The zero-order valence-corrected chi connectivity index (χ0v) is 15.0. The van der Waals surface area contributed by atoms with Crippen molar-refractivity contribution in [2.45, 2.75) is 32.2 Å². The lowest BCUT2D eigenvalue weighted by molar-refractivity contribution is -0.123. The number of nitrogens with one attached hydrogen (secondary N) is 1. The van der Waals surface area contributed by atoms with E-state index in [1.807, 2.05) is 30.3 Å². The van der Waals surface area contributed by atoms with Crippen LogP contribution in [0, 0.1) is 5.41 Å². The van der Waals surface area contributed by atoms with Crippen LogP contribution in [0.1, 0.15) is 40.9 Å². The highest BCUT2D eigenvalue weighted by atomic mass is 16.6. The largest absolute Gasteiger partial charge is 0.478 e. The predicted octanol–water partition coefficient (Wildman–Crippen LogP) is 2.87. The third-order valence-corrected chi connectivity index (χ3v) is 3.83. The van der Waals surface area contributed by atoms with Gasteiger partial charge in [0.15, 0.2) is 6.29 Å². The third-order valence-electron chi connectivity index (χ3n) is 3.83. The van der Waals surface area contributed by atoms with Crippen molar-refractivity contribution in [1.82, 2.24) is 4.98 Å². The molecule has 0 bridgehead atoms. The van der Waals surface area contributed by atoms with E-state index >= 15 is 0 Å². The van der Waals surface area contributed by atoms with Gasteiger partial charge in [0.25, 0.3) is 0 Å². The van der Waals surface area contributed by atoms with Gasteiger partial charge < -0.3 is 25.1 Å². The van der Waals surface area contributed by atoms with Gasteiger partial charge in [0, 0.05) is 12.8 Å². The minimum atomic E-state index is -1.04. The molecule has 2 aromatic rings. The second-order valence-corrected chi connectivity index (χ2v) is 6.01. The van der Waals surface area contributed by atoms with Crippen LogP contribution >= 0.6 is 0 Å². The summed E-state index contributed by atoms with van der Waals surface area (Å²) in [5.41, 5.74) is 1.61. The number of rotatable bonds is 6. The lowest BCUT2D eigenvalue weighted by atomic mass is 10.2. The summed E-state index contributed by atoms with van der Waals surface area (Å²) in [5.74, 6) is -1.04. The van der Waals surface area contributed by atoms with E-state index in [4.69, 9.17) is 25.1 Å². The van der Waals surface area contributed by atoms with Gasteiger partial charge >= 0.3 is 5.97 Å². The first-order chi connectivity index (χ1) is 13.1. The molecule has 144 valence electrons. The van der Waals surface area contributed by atoms with Crippen LogP contribution in [0.3, 0.4) is 0 Å². The molecule has 3 N–H and O–H groups in total. The highest BCUT2D eigenvalue weighted by molar-refractivity contribution is 5.99. The molecule has 2 heterocycles. The average Bonchev–Trinajstić information content (AvgIpc) is 2.70. The zero-order chi connectivity index (χ0) is 19.5. The van der Waals surface area contributed by atoms with Crippen LogP contribution in [-0.2, 0) is 16.1 Å². The van der Waals surface area contributed by atoms with Gasteiger partial charge in [0.2, 0.25) is 0 Å². The van der Waals surface area contributed by atoms with Crippen molar-refractivity contribution in [3.63, 3.8) is 0 Å². The Bertz CT molecular complexity index is 730. The smallest absolute Gasteiger partial charge is 0.335 e. The Morgan fingerprint density at radius 1 is 1.26 bits per heavy atom. The molecule has 1 unspecified atom stereocenters. The molecule has 0 saturated carbocycles. The molecule has 1 aliphatic rings. The fourth-order valence-corrected chi connectivity index (χ4v) is 2.37. The van der Waals surface area contributed by atoms with Crippen molar-refractivity contribution in [3.05, 3.63) is 65.5 Å². The molecule has 27 heavy (non-hydrogen) atoms. The second kappa shape index (κ2) is 11.2. The first kappa shape index (κ1) is 20.7. The summed E-state index contributed by atoms with van der Waals surface area (Å²) in [6.07, 6.45) is 3.96. The van der Waals surface area contributed by atoms with Crippen LogP contribution in [0.2, 0.25) is 0 Å². The number of carbonyl (C=O) groups is 1. The lowest BCUT2D eigenvalue weighted by Gasteiger charge is -2.16. The van der Waals surface area contributed by atoms with E-state index < -0.39 is 12.3 Å². The van der Waals surface area contributed by atoms with Gasteiger partial charge in [0.05, 0.1) is 30.2 Å². The Hall–Kier alpha value is -2.61. The van der Waals surface area contributed by atoms with E-state index in [1.165, 1.54) is 18.3 Å². The molecule has 0 aliphatic carbocycles. The minimum absolute atomic E-state index is 0.0883. The van der Waals surface area contributed by atoms with Gasteiger partial charge in [-0.05, 0) is 37.0 Å². The van der Waals surface area contributed by atoms with Gasteiger partial charge in [-0.1, -0.05) is 30.3 Å². The fraction of sp³-hybridized carbons (Fsp3) is 0.350. The molecule has 1 fully saturated rings. The number of benzene rings is 1. The van der Waals surface area contributed by atoms with Crippen LogP contribution in [0.25, 0.3) is 0 Å². The molecule has 0 amide bonds. The Morgan fingerprint density at radius 2 is 2.04 bits per heavy atom. The molecule has 1 aliphatic heterocycles. The van der Waals surface area contributed by atoms with E-state index in [-0.39, 0.29) is 17.9 Å². The Kier molecular flexibility index (Phi) is 8.57. The quantitative estimate of drug-likeness (QED) is 0.672. The van der Waals surface area contributed by atoms with Crippen molar-refractivity contribution in [3.8, 4) is 0 Å². The van der Waals surface area contributed by atoms with Crippen LogP contribution in [-0.4, -0.2) is 46.4 Å². The normalized spacial score (nSPS) is 16.1. The monoisotopic (exact) mass is 372 g/mol. The minimum Gasteiger partial charge on any atom is -0.478 e. The van der Waals surface area contributed by atoms with Gasteiger partial charge in [-0.25, -0.2) is 4.79 Å². The van der Waals surface area contributed by atoms with Crippen molar-refractivity contribution in [1.29, 1.82) is 5.41 Å². The Balaban J connectivity index is 0.000000313. The standard InChI is InChI=1S/C15H14N2O3.C5H10O2/c16-13(10-20-9-11-4-2-1-3-5-11)14-8-12(15(18)19)6-7-17-14;6-5-3-1-2-4-7-5/h1-8,16H,9-10H2,(H,18,19);5-6H,1-4H2. The number of hydrogen-bond donors (Lipinski definition) is 3. The molecule has 7 heteroatoms. The molecule has 7 nitrogen and oxygen atoms in total. The van der Waals surface area contributed by atoms with E-state index in [1.54, 1.807) is 0 Å². The first-order valence-corrected chi connectivity index (χ1v) is 8.74. The maximum atomic E-state index is 10.8. The zero-order valence-electron chi connectivity index (χ0n) is 15.0. The summed E-state index contributed by atoms with van der Waals surface area (Å²) in [7, 11) is 0. The summed E-state index contributed by atoms with van der Waals surface area (Å²) in [5, 5.41) is 25.4. The fourth-order valence-electron chi connectivity index (χ4n) is 2.37. The molecule has 1 aromatic heterocycles. The molecular weight excluding hydrogens is 348 g/mol. The summed E-state index contributed by atoms with van der Waals surface area (Å²) in [6, 6.07) is 12.4. The van der Waals surface area contributed by atoms with Gasteiger partial charge in [-0.2, -0.15) is 0 Å². The van der Waals surface area contributed by atoms with Gasteiger partial charge in [0.1, 0.15) is 0 Å². The van der Waals surface area contributed by atoms with Crippen molar-refractivity contribution in [2.24, 2.45) is 0 Å². The topological polar surface area (TPSA) is 113 Å². The molecule has 1 atom stereocenters. The number of carboxylic acids is 1. The third kappa shape index (κ3) is 7.65. The second-order valence-electron chi connectivity index (χ2n) is 6.01. The average molecular weight is 372 g/mol. The highest BCUT2D eigenvalue weighted by Crippen LogP contribution is 2.08. The number of pyridine rings is 1.